The number of nitrogen functional groups attached to an aromatic ring is 1. The standard InChI is InChI=1S/C9H8Cl2N2O2/c10-3-1-2-6-4-7(11)5-8(9(6)12)13(14)15/h1-2,4-5H,3,12H2. The number of anilines is 1. The molecule has 0 radical (unpaired) electrons. The van der Waals surface area contributed by atoms with E-state index in [9.17, 15) is 10.1 Å². The molecule has 0 spiro atoms. The Hall–Kier alpha value is -1.26. The van der Waals surface area contributed by atoms with Crippen molar-refractivity contribution in [2.75, 3.05) is 11.6 Å². The molecule has 80 valence electrons. The van der Waals surface area contributed by atoms with Gasteiger partial charge in [0.15, 0.2) is 0 Å². The summed E-state index contributed by atoms with van der Waals surface area (Å²) in [5, 5.41) is 10.9. The minimum atomic E-state index is -0.570. The molecule has 1 aromatic rings. The van der Waals surface area contributed by atoms with Crippen LogP contribution in [0, 0.1) is 10.1 Å². The van der Waals surface area contributed by atoms with Gasteiger partial charge in [-0.15, -0.1) is 11.6 Å². The highest BCUT2D eigenvalue weighted by molar-refractivity contribution is 6.31. The summed E-state index contributed by atoms with van der Waals surface area (Å²) in [6.07, 6.45) is 3.23. The summed E-state index contributed by atoms with van der Waals surface area (Å²) in [4.78, 5) is 10.0. The van der Waals surface area contributed by atoms with Gasteiger partial charge >= 0.3 is 0 Å². The predicted molar refractivity (Wildman–Crippen MR) is 62.3 cm³/mol. The molecule has 0 aliphatic heterocycles. The maximum Gasteiger partial charge on any atom is 0.294 e. The molecular formula is C9H8Cl2N2O2. The average Bonchev–Trinajstić information content (AvgIpc) is 2.18. The van der Waals surface area contributed by atoms with Crippen molar-refractivity contribution >= 4 is 40.7 Å². The fourth-order valence-electron chi connectivity index (χ4n) is 1.08. The van der Waals surface area contributed by atoms with Crippen LogP contribution in [0.4, 0.5) is 11.4 Å². The highest BCUT2D eigenvalue weighted by Gasteiger charge is 2.14. The number of allylic oxidation sites excluding steroid dienone is 1. The third-order valence-electron chi connectivity index (χ3n) is 1.74. The highest BCUT2D eigenvalue weighted by Crippen LogP contribution is 2.30. The molecule has 0 aliphatic carbocycles. The molecule has 0 aliphatic rings. The molecule has 6 heteroatoms. The van der Waals surface area contributed by atoms with Crippen LogP contribution < -0.4 is 5.73 Å². The summed E-state index contributed by atoms with van der Waals surface area (Å²) in [6, 6.07) is 2.77. The molecule has 0 fully saturated rings. The van der Waals surface area contributed by atoms with E-state index in [0.717, 1.165) is 0 Å². The quantitative estimate of drug-likeness (QED) is 0.386. The number of nitro groups is 1. The van der Waals surface area contributed by atoms with E-state index in [1.807, 2.05) is 0 Å². The van der Waals surface area contributed by atoms with Gasteiger partial charge in [0.25, 0.3) is 5.69 Å². The van der Waals surface area contributed by atoms with E-state index in [0.29, 0.717) is 11.4 Å². The van der Waals surface area contributed by atoms with E-state index in [1.54, 1.807) is 18.2 Å². The molecule has 15 heavy (non-hydrogen) atoms. The third kappa shape index (κ3) is 2.84. The van der Waals surface area contributed by atoms with Gasteiger partial charge in [-0.25, -0.2) is 0 Å². The van der Waals surface area contributed by atoms with Crippen molar-refractivity contribution in [3.05, 3.63) is 38.9 Å². The minimum Gasteiger partial charge on any atom is -0.393 e. The second-order valence-electron chi connectivity index (χ2n) is 2.74. The van der Waals surface area contributed by atoms with Crippen molar-refractivity contribution in [3.63, 3.8) is 0 Å². The van der Waals surface area contributed by atoms with E-state index in [-0.39, 0.29) is 16.4 Å². The minimum absolute atomic E-state index is 0.0887. The van der Waals surface area contributed by atoms with E-state index >= 15 is 0 Å². The number of hydrogen-bond donors (Lipinski definition) is 1. The molecule has 0 saturated heterocycles. The first kappa shape index (κ1) is 11.8. The fraction of sp³-hybridized carbons (Fsp3) is 0.111. The van der Waals surface area contributed by atoms with Gasteiger partial charge in [0.05, 0.1) is 4.92 Å². The number of rotatable bonds is 3. The van der Waals surface area contributed by atoms with Crippen molar-refractivity contribution < 1.29 is 4.92 Å². The number of nitrogens with two attached hydrogens (primary N) is 1. The first-order chi connectivity index (χ1) is 7.06. The van der Waals surface area contributed by atoms with E-state index < -0.39 is 4.92 Å². The Morgan fingerprint density at radius 3 is 2.73 bits per heavy atom. The molecule has 0 bridgehead atoms. The fourth-order valence-corrected chi connectivity index (χ4v) is 1.39. The number of nitro benzene ring substituents is 1. The lowest BCUT2D eigenvalue weighted by Crippen LogP contribution is -1.98. The summed E-state index contributed by atoms with van der Waals surface area (Å²) in [5.41, 5.74) is 5.99. The van der Waals surface area contributed by atoms with Gasteiger partial charge in [0, 0.05) is 22.5 Å². The molecule has 0 heterocycles. The third-order valence-corrected chi connectivity index (χ3v) is 2.13. The molecule has 0 aromatic heterocycles. The Morgan fingerprint density at radius 2 is 2.20 bits per heavy atom. The van der Waals surface area contributed by atoms with Gasteiger partial charge in [-0.1, -0.05) is 23.8 Å². The van der Waals surface area contributed by atoms with Crippen molar-refractivity contribution in [2.45, 2.75) is 0 Å². The van der Waals surface area contributed by atoms with Crippen LogP contribution in [0.5, 0.6) is 0 Å². The lowest BCUT2D eigenvalue weighted by molar-refractivity contribution is -0.383. The number of hydrogen-bond acceptors (Lipinski definition) is 3. The van der Waals surface area contributed by atoms with Crippen molar-refractivity contribution in [1.29, 1.82) is 0 Å². The number of nitrogens with zero attached hydrogens (tertiary/aromatic N) is 1. The van der Waals surface area contributed by atoms with Gasteiger partial charge in [-0.05, 0) is 6.07 Å². The van der Waals surface area contributed by atoms with Gasteiger partial charge < -0.3 is 5.73 Å². The average molecular weight is 247 g/mol. The van der Waals surface area contributed by atoms with Crippen LogP contribution in [-0.4, -0.2) is 10.8 Å². The van der Waals surface area contributed by atoms with Crippen molar-refractivity contribution in [3.8, 4) is 0 Å². The van der Waals surface area contributed by atoms with Gasteiger partial charge in [0.1, 0.15) is 5.69 Å². The van der Waals surface area contributed by atoms with E-state index in [2.05, 4.69) is 0 Å². The molecule has 0 saturated carbocycles. The monoisotopic (exact) mass is 246 g/mol. The summed E-state index contributed by atoms with van der Waals surface area (Å²) >= 11 is 11.2. The van der Waals surface area contributed by atoms with Crippen LogP contribution in [0.3, 0.4) is 0 Å². The number of alkyl halides is 1. The van der Waals surface area contributed by atoms with Crippen LogP contribution in [0.15, 0.2) is 18.2 Å². The zero-order valence-electron chi connectivity index (χ0n) is 7.61. The molecule has 1 rings (SSSR count). The lowest BCUT2D eigenvalue weighted by atomic mass is 10.1. The van der Waals surface area contributed by atoms with Crippen LogP contribution in [0.2, 0.25) is 5.02 Å². The summed E-state index contributed by atoms with van der Waals surface area (Å²) < 4.78 is 0. The zero-order chi connectivity index (χ0) is 11.4. The van der Waals surface area contributed by atoms with Crippen LogP contribution >= 0.6 is 23.2 Å². The van der Waals surface area contributed by atoms with Gasteiger partial charge in [-0.2, -0.15) is 0 Å². The largest absolute Gasteiger partial charge is 0.393 e. The van der Waals surface area contributed by atoms with Gasteiger partial charge in [-0.3, -0.25) is 10.1 Å². The molecule has 0 amide bonds. The Morgan fingerprint density at radius 1 is 1.53 bits per heavy atom. The molecule has 4 nitrogen and oxygen atoms in total. The second-order valence-corrected chi connectivity index (χ2v) is 3.49. The Bertz CT molecular complexity index is 419. The summed E-state index contributed by atoms with van der Waals surface area (Å²) in [5.74, 6) is 0.305. The second kappa shape index (κ2) is 5.00. The van der Waals surface area contributed by atoms with E-state index in [4.69, 9.17) is 28.9 Å². The van der Waals surface area contributed by atoms with Crippen molar-refractivity contribution in [2.24, 2.45) is 0 Å². The smallest absolute Gasteiger partial charge is 0.294 e. The van der Waals surface area contributed by atoms with Gasteiger partial charge in [0.2, 0.25) is 0 Å². The summed E-state index contributed by atoms with van der Waals surface area (Å²) in [6.45, 7) is 0. The number of halogens is 2. The van der Waals surface area contributed by atoms with Crippen molar-refractivity contribution in [1.82, 2.24) is 0 Å². The lowest BCUT2D eigenvalue weighted by Gasteiger charge is -2.02. The molecular weight excluding hydrogens is 239 g/mol. The Balaban J connectivity index is 3.28. The van der Waals surface area contributed by atoms with E-state index in [1.165, 1.54) is 6.07 Å². The van der Waals surface area contributed by atoms with Crippen LogP contribution in [-0.2, 0) is 0 Å². The molecule has 0 unspecified atom stereocenters. The number of benzene rings is 1. The summed E-state index contributed by atoms with van der Waals surface area (Å²) in [7, 11) is 0. The Kier molecular flexibility index (Phi) is 3.94. The molecule has 2 N–H and O–H groups in total. The van der Waals surface area contributed by atoms with Crippen LogP contribution in [0.1, 0.15) is 5.56 Å². The SMILES string of the molecule is Nc1c(C=CCCl)cc(Cl)cc1[N+](=O)[O-]. The highest BCUT2D eigenvalue weighted by atomic mass is 35.5. The van der Waals surface area contributed by atoms with Crippen LogP contribution in [0.25, 0.3) is 6.08 Å². The topological polar surface area (TPSA) is 69.2 Å². The maximum absolute atomic E-state index is 10.6. The molecule has 1 aromatic carbocycles. The maximum atomic E-state index is 10.6. The normalized spacial score (nSPS) is 10.8. The zero-order valence-corrected chi connectivity index (χ0v) is 9.13. The Labute approximate surface area is 96.4 Å². The first-order valence-electron chi connectivity index (χ1n) is 4.02. The first-order valence-corrected chi connectivity index (χ1v) is 4.93. The molecule has 0 atom stereocenters. The predicted octanol–water partition coefficient (Wildman–Crippen LogP) is 3.08.